The highest BCUT2D eigenvalue weighted by Gasteiger charge is 2.04. The Hall–Kier alpha value is -1.29. The van der Waals surface area contributed by atoms with Gasteiger partial charge in [-0.3, -0.25) is 4.79 Å². The van der Waals surface area contributed by atoms with Crippen LogP contribution in [0.25, 0.3) is 0 Å². The molecule has 0 aliphatic rings. The first-order chi connectivity index (χ1) is 5.15. The molecule has 1 aromatic heterocycles. The molecule has 0 aromatic carbocycles. The first-order valence-electron chi connectivity index (χ1n) is 3.08. The molecule has 0 saturated carbocycles. The fourth-order valence-electron chi connectivity index (χ4n) is 0.740. The number of aromatic hydroxyl groups is 1. The maximum atomic E-state index is 10.8. The lowest BCUT2D eigenvalue weighted by molar-refractivity contribution is 0.237. The van der Waals surface area contributed by atoms with Gasteiger partial charge in [0, 0.05) is 6.07 Å². The fraction of sp³-hybridized carbons (Fsp3) is 0.286. The number of rotatable bonds is 1. The van der Waals surface area contributed by atoms with Crippen molar-refractivity contribution in [3.05, 3.63) is 27.8 Å². The first-order valence-corrected chi connectivity index (χ1v) is 3.08. The normalized spacial score (nSPS) is 10.0. The van der Waals surface area contributed by atoms with Crippen molar-refractivity contribution in [1.29, 1.82) is 0 Å². The molecule has 0 amide bonds. The van der Waals surface area contributed by atoms with Crippen molar-refractivity contribution in [3.8, 4) is 5.75 Å². The second-order valence-corrected chi connectivity index (χ2v) is 2.14. The minimum atomic E-state index is -0.530. The molecule has 11 heavy (non-hydrogen) atoms. The maximum absolute atomic E-state index is 10.8. The first kappa shape index (κ1) is 7.81. The summed E-state index contributed by atoms with van der Waals surface area (Å²) in [7, 11) is 0. The fourth-order valence-corrected chi connectivity index (χ4v) is 0.740. The van der Waals surface area contributed by atoms with Crippen molar-refractivity contribution >= 4 is 0 Å². The van der Waals surface area contributed by atoms with Crippen molar-refractivity contribution in [1.82, 2.24) is 0 Å². The molecule has 0 spiro atoms. The summed E-state index contributed by atoms with van der Waals surface area (Å²) in [6, 6.07) is 1.06. The summed E-state index contributed by atoms with van der Waals surface area (Å²) in [4.78, 5) is 10.8. The molecular weight excluding hydrogens is 148 g/mol. The Morgan fingerprint density at radius 2 is 2.27 bits per heavy atom. The summed E-state index contributed by atoms with van der Waals surface area (Å²) < 4.78 is 4.84. The Bertz CT molecular complexity index is 313. The predicted octanol–water partition coefficient (Wildman–Crippen LogP) is 0.146. The van der Waals surface area contributed by atoms with Crippen molar-refractivity contribution in [3.63, 3.8) is 0 Å². The second kappa shape index (κ2) is 2.75. The van der Waals surface area contributed by atoms with Gasteiger partial charge in [0.15, 0.2) is 0 Å². The highest BCUT2D eigenvalue weighted by Crippen LogP contribution is 2.10. The molecule has 0 fully saturated rings. The molecule has 0 saturated heterocycles. The molecule has 60 valence electrons. The molecule has 1 aromatic rings. The molecule has 0 atom stereocenters. The summed E-state index contributed by atoms with van der Waals surface area (Å²) in [5, 5.41) is 17.5. The third-order valence-corrected chi connectivity index (χ3v) is 1.30. The molecule has 0 radical (unpaired) electrons. The largest absolute Gasteiger partial charge is 0.502 e. The van der Waals surface area contributed by atoms with Crippen LogP contribution in [0.2, 0.25) is 0 Å². The zero-order valence-electron chi connectivity index (χ0n) is 6.00. The van der Waals surface area contributed by atoms with E-state index < -0.39 is 11.2 Å². The van der Waals surface area contributed by atoms with E-state index in [1.165, 1.54) is 6.92 Å². The number of hydrogen-bond donors (Lipinski definition) is 2. The van der Waals surface area contributed by atoms with Crippen molar-refractivity contribution in [2.75, 3.05) is 0 Å². The Morgan fingerprint density at radius 3 is 2.73 bits per heavy atom. The molecule has 0 bridgehead atoms. The van der Waals surface area contributed by atoms with Crippen LogP contribution in [0.5, 0.6) is 5.75 Å². The molecule has 0 aliphatic carbocycles. The van der Waals surface area contributed by atoms with Crippen LogP contribution in [0, 0.1) is 6.92 Å². The van der Waals surface area contributed by atoms with Crippen LogP contribution in [0.4, 0.5) is 0 Å². The van der Waals surface area contributed by atoms with E-state index in [0.29, 0.717) is 0 Å². The predicted molar refractivity (Wildman–Crippen MR) is 37.3 cm³/mol. The molecule has 0 aliphatic heterocycles. The third-order valence-electron chi connectivity index (χ3n) is 1.30. The molecule has 0 unspecified atom stereocenters. The van der Waals surface area contributed by atoms with Gasteiger partial charge in [0.2, 0.25) is 11.2 Å². The average molecular weight is 156 g/mol. The Kier molecular flexibility index (Phi) is 1.96. The van der Waals surface area contributed by atoms with Gasteiger partial charge < -0.3 is 14.6 Å². The van der Waals surface area contributed by atoms with Crippen LogP contribution >= 0.6 is 0 Å². The zero-order valence-corrected chi connectivity index (χ0v) is 6.00. The Labute approximate surface area is 62.7 Å². The maximum Gasteiger partial charge on any atom is 0.227 e. The third kappa shape index (κ3) is 1.40. The molecule has 2 N–H and O–H groups in total. The minimum absolute atomic E-state index is 0.126. The van der Waals surface area contributed by atoms with Gasteiger partial charge in [0.05, 0.1) is 0 Å². The standard InChI is InChI=1S/C7H8O4/c1-4-7(10)6(9)2-5(3-8)11-4/h2,8,10H,3H2,1H3. The Morgan fingerprint density at radius 1 is 1.64 bits per heavy atom. The minimum Gasteiger partial charge on any atom is -0.502 e. The highest BCUT2D eigenvalue weighted by atomic mass is 16.4. The van der Waals surface area contributed by atoms with Crippen molar-refractivity contribution in [2.45, 2.75) is 13.5 Å². The molecule has 4 heteroatoms. The van der Waals surface area contributed by atoms with E-state index >= 15 is 0 Å². The average Bonchev–Trinajstić information content (AvgIpc) is 1.99. The van der Waals surface area contributed by atoms with E-state index in [1.807, 2.05) is 0 Å². The van der Waals surface area contributed by atoms with E-state index in [2.05, 4.69) is 0 Å². The van der Waals surface area contributed by atoms with Crippen LogP contribution in [0.3, 0.4) is 0 Å². The van der Waals surface area contributed by atoms with Gasteiger partial charge in [-0.2, -0.15) is 0 Å². The van der Waals surface area contributed by atoms with Gasteiger partial charge in [-0.25, -0.2) is 0 Å². The van der Waals surface area contributed by atoms with E-state index in [4.69, 9.17) is 14.6 Å². The van der Waals surface area contributed by atoms with Gasteiger partial charge in [-0.1, -0.05) is 0 Å². The summed E-state index contributed by atoms with van der Waals surface area (Å²) in [6.07, 6.45) is 0. The zero-order chi connectivity index (χ0) is 8.43. The van der Waals surface area contributed by atoms with Crippen LogP contribution in [0.1, 0.15) is 11.5 Å². The molecule has 1 heterocycles. The van der Waals surface area contributed by atoms with E-state index in [1.54, 1.807) is 0 Å². The van der Waals surface area contributed by atoms with E-state index in [9.17, 15) is 4.79 Å². The summed E-state index contributed by atoms with van der Waals surface area (Å²) >= 11 is 0. The lowest BCUT2D eigenvalue weighted by atomic mass is 10.3. The highest BCUT2D eigenvalue weighted by molar-refractivity contribution is 5.23. The summed E-state index contributed by atoms with van der Waals surface area (Å²) in [6.45, 7) is 1.12. The van der Waals surface area contributed by atoms with Gasteiger partial charge >= 0.3 is 0 Å². The smallest absolute Gasteiger partial charge is 0.227 e. The quantitative estimate of drug-likeness (QED) is 0.607. The molecule has 4 nitrogen and oxygen atoms in total. The number of aryl methyl sites for hydroxylation is 1. The topological polar surface area (TPSA) is 70.7 Å². The van der Waals surface area contributed by atoms with E-state index in [0.717, 1.165) is 6.07 Å². The van der Waals surface area contributed by atoms with Crippen LogP contribution in [-0.2, 0) is 6.61 Å². The molecular formula is C7H8O4. The lowest BCUT2D eigenvalue weighted by Gasteiger charge is -1.98. The number of hydrogen-bond acceptors (Lipinski definition) is 4. The second-order valence-electron chi connectivity index (χ2n) is 2.14. The molecule has 1 rings (SSSR count). The summed E-state index contributed by atoms with van der Waals surface area (Å²) in [5.74, 6) is -0.117. The SMILES string of the molecule is Cc1oc(CO)cc(=O)c1O. The van der Waals surface area contributed by atoms with Crippen LogP contribution in [-0.4, -0.2) is 10.2 Å². The van der Waals surface area contributed by atoms with E-state index in [-0.39, 0.29) is 18.1 Å². The Balaban J connectivity index is 3.32. The number of aliphatic hydroxyl groups is 1. The summed E-state index contributed by atoms with van der Waals surface area (Å²) in [5.41, 5.74) is -0.530. The van der Waals surface area contributed by atoms with Crippen LogP contribution in [0.15, 0.2) is 15.3 Å². The van der Waals surface area contributed by atoms with Crippen molar-refractivity contribution in [2.24, 2.45) is 0 Å². The number of aliphatic hydroxyl groups excluding tert-OH is 1. The monoisotopic (exact) mass is 156 g/mol. The van der Waals surface area contributed by atoms with Gasteiger partial charge in [0.1, 0.15) is 18.1 Å². The van der Waals surface area contributed by atoms with Crippen LogP contribution < -0.4 is 5.43 Å². The van der Waals surface area contributed by atoms with Gasteiger partial charge in [-0.05, 0) is 6.92 Å². The van der Waals surface area contributed by atoms with Gasteiger partial charge in [0.25, 0.3) is 0 Å². The lowest BCUT2D eigenvalue weighted by Crippen LogP contribution is -2.02. The van der Waals surface area contributed by atoms with Crippen molar-refractivity contribution < 1.29 is 14.6 Å². The van der Waals surface area contributed by atoms with Gasteiger partial charge in [-0.15, -0.1) is 0 Å².